The van der Waals surface area contributed by atoms with E-state index < -0.39 is 5.97 Å². The quantitative estimate of drug-likeness (QED) is 0.745. The van der Waals surface area contributed by atoms with Crippen molar-refractivity contribution in [1.82, 2.24) is 4.98 Å². The van der Waals surface area contributed by atoms with Gasteiger partial charge in [-0.05, 0) is 30.2 Å². The molecule has 0 spiro atoms. The first kappa shape index (κ1) is 11.4. The van der Waals surface area contributed by atoms with Crippen LogP contribution in [0.25, 0.3) is 0 Å². The Hall–Kier alpha value is -1.68. The second-order valence-electron chi connectivity index (χ2n) is 3.18. The standard InChI is InChI=1S/C11H13NO3/c1-9(6-11(13)14)7-15-8-10-2-4-12-5-3-10/h2-6H,7-8H2,1H3,(H,13,14)/b9-6-. The number of aliphatic carboxylic acids is 1. The van der Waals surface area contributed by atoms with Crippen molar-refractivity contribution >= 4 is 5.97 Å². The Kier molecular flexibility index (Phi) is 4.50. The first-order chi connectivity index (χ1) is 7.18. The van der Waals surface area contributed by atoms with Gasteiger partial charge in [-0.15, -0.1) is 0 Å². The number of hydrogen-bond donors (Lipinski definition) is 1. The minimum absolute atomic E-state index is 0.328. The third kappa shape index (κ3) is 4.93. The molecule has 0 fully saturated rings. The number of ether oxygens (including phenoxy) is 1. The molecule has 0 aliphatic heterocycles. The second-order valence-corrected chi connectivity index (χ2v) is 3.18. The van der Waals surface area contributed by atoms with Gasteiger partial charge in [0.25, 0.3) is 0 Å². The Morgan fingerprint density at radius 2 is 2.20 bits per heavy atom. The molecule has 0 aromatic carbocycles. The highest BCUT2D eigenvalue weighted by molar-refractivity contribution is 5.80. The van der Waals surface area contributed by atoms with E-state index in [-0.39, 0.29) is 0 Å². The van der Waals surface area contributed by atoms with E-state index in [2.05, 4.69) is 4.98 Å². The van der Waals surface area contributed by atoms with Crippen LogP contribution in [0.15, 0.2) is 36.2 Å². The van der Waals surface area contributed by atoms with Crippen LogP contribution in [-0.4, -0.2) is 22.7 Å². The Bertz CT molecular complexity index is 346. The maximum Gasteiger partial charge on any atom is 0.328 e. The van der Waals surface area contributed by atoms with E-state index >= 15 is 0 Å². The maximum atomic E-state index is 10.3. The van der Waals surface area contributed by atoms with Gasteiger partial charge in [0.2, 0.25) is 0 Å². The van der Waals surface area contributed by atoms with E-state index in [0.717, 1.165) is 11.6 Å². The van der Waals surface area contributed by atoms with Gasteiger partial charge in [-0.25, -0.2) is 4.79 Å². The Morgan fingerprint density at radius 3 is 2.80 bits per heavy atom. The van der Waals surface area contributed by atoms with Crippen LogP contribution in [0.5, 0.6) is 0 Å². The van der Waals surface area contributed by atoms with E-state index in [9.17, 15) is 4.79 Å². The van der Waals surface area contributed by atoms with Crippen LogP contribution in [0.4, 0.5) is 0 Å². The summed E-state index contributed by atoms with van der Waals surface area (Å²) in [5, 5.41) is 8.46. The number of hydrogen-bond acceptors (Lipinski definition) is 3. The topological polar surface area (TPSA) is 59.4 Å². The van der Waals surface area contributed by atoms with Gasteiger partial charge in [0.05, 0.1) is 13.2 Å². The number of rotatable bonds is 5. The summed E-state index contributed by atoms with van der Waals surface area (Å²) in [4.78, 5) is 14.2. The van der Waals surface area contributed by atoms with Crippen molar-refractivity contribution in [2.45, 2.75) is 13.5 Å². The number of nitrogens with zero attached hydrogens (tertiary/aromatic N) is 1. The molecule has 0 saturated carbocycles. The minimum atomic E-state index is -0.944. The number of carboxylic acids is 1. The summed E-state index contributed by atoms with van der Waals surface area (Å²) in [5.74, 6) is -0.944. The molecule has 0 unspecified atom stereocenters. The lowest BCUT2D eigenvalue weighted by Crippen LogP contribution is -1.99. The van der Waals surface area contributed by atoms with Gasteiger partial charge >= 0.3 is 5.97 Å². The third-order valence-corrected chi connectivity index (χ3v) is 1.72. The monoisotopic (exact) mass is 207 g/mol. The Balaban J connectivity index is 2.31. The van der Waals surface area contributed by atoms with E-state index in [1.807, 2.05) is 12.1 Å². The zero-order valence-electron chi connectivity index (χ0n) is 8.51. The lowest BCUT2D eigenvalue weighted by atomic mass is 10.3. The Morgan fingerprint density at radius 1 is 1.53 bits per heavy atom. The summed E-state index contributed by atoms with van der Waals surface area (Å²) in [6.07, 6.45) is 4.53. The van der Waals surface area contributed by atoms with E-state index in [0.29, 0.717) is 18.8 Å². The molecular weight excluding hydrogens is 194 g/mol. The van der Waals surface area contributed by atoms with Crippen LogP contribution in [0, 0.1) is 0 Å². The molecular formula is C11H13NO3. The molecule has 1 heterocycles. The number of carbonyl (C=O) groups is 1. The highest BCUT2D eigenvalue weighted by Gasteiger charge is 1.96. The number of aromatic nitrogens is 1. The highest BCUT2D eigenvalue weighted by Crippen LogP contribution is 2.01. The highest BCUT2D eigenvalue weighted by atomic mass is 16.5. The van der Waals surface area contributed by atoms with E-state index in [4.69, 9.17) is 9.84 Å². The number of carboxylic acid groups (broad SMARTS) is 1. The molecule has 1 aromatic rings. The average Bonchev–Trinajstić information content (AvgIpc) is 2.18. The molecule has 1 N–H and O–H groups in total. The molecule has 1 rings (SSSR count). The van der Waals surface area contributed by atoms with Gasteiger partial charge in [0.15, 0.2) is 0 Å². The predicted molar refractivity (Wildman–Crippen MR) is 55.3 cm³/mol. The molecule has 15 heavy (non-hydrogen) atoms. The van der Waals surface area contributed by atoms with Gasteiger partial charge in [-0.1, -0.05) is 0 Å². The van der Waals surface area contributed by atoms with Crippen molar-refractivity contribution in [3.63, 3.8) is 0 Å². The zero-order valence-corrected chi connectivity index (χ0v) is 8.51. The van der Waals surface area contributed by atoms with Gasteiger partial charge in [0.1, 0.15) is 0 Å². The van der Waals surface area contributed by atoms with Crippen LogP contribution in [0.2, 0.25) is 0 Å². The average molecular weight is 207 g/mol. The van der Waals surface area contributed by atoms with Crippen molar-refractivity contribution in [3.8, 4) is 0 Å². The molecule has 0 saturated heterocycles. The largest absolute Gasteiger partial charge is 0.478 e. The number of pyridine rings is 1. The summed E-state index contributed by atoms with van der Waals surface area (Å²) in [6.45, 7) is 2.52. The van der Waals surface area contributed by atoms with Crippen LogP contribution < -0.4 is 0 Å². The van der Waals surface area contributed by atoms with Crippen molar-refractivity contribution in [1.29, 1.82) is 0 Å². The van der Waals surface area contributed by atoms with Crippen molar-refractivity contribution < 1.29 is 14.6 Å². The molecule has 0 bridgehead atoms. The van der Waals surface area contributed by atoms with Crippen LogP contribution in [-0.2, 0) is 16.1 Å². The van der Waals surface area contributed by atoms with E-state index in [1.165, 1.54) is 0 Å². The normalized spacial score (nSPS) is 11.4. The summed E-state index contributed by atoms with van der Waals surface area (Å²) in [7, 11) is 0. The summed E-state index contributed by atoms with van der Waals surface area (Å²) in [5.41, 5.74) is 1.71. The fourth-order valence-corrected chi connectivity index (χ4v) is 1.06. The molecule has 0 atom stereocenters. The summed E-state index contributed by atoms with van der Waals surface area (Å²) < 4.78 is 5.32. The van der Waals surface area contributed by atoms with Crippen molar-refractivity contribution in [2.75, 3.05) is 6.61 Å². The smallest absolute Gasteiger partial charge is 0.328 e. The van der Waals surface area contributed by atoms with Gasteiger partial charge < -0.3 is 9.84 Å². The Labute approximate surface area is 88.2 Å². The van der Waals surface area contributed by atoms with Gasteiger partial charge in [-0.2, -0.15) is 0 Å². The molecule has 4 nitrogen and oxygen atoms in total. The predicted octanol–water partition coefficient (Wildman–Crippen LogP) is 1.63. The SMILES string of the molecule is C/C(=C/C(=O)O)COCc1ccncc1. The fraction of sp³-hybridized carbons (Fsp3) is 0.273. The van der Waals surface area contributed by atoms with Crippen molar-refractivity contribution in [3.05, 3.63) is 41.7 Å². The molecule has 1 aromatic heterocycles. The molecule has 0 radical (unpaired) electrons. The van der Waals surface area contributed by atoms with E-state index in [1.54, 1.807) is 19.3 Å². The zero-order chi connectivity index (χ0) is 11.1. The molecule has 4 heteroatoms. The second kappa shape index (κ2) is 5.93. The fourth-order valence-electron chi connectivity index (χ4n) is 1.06. The van der Waals surface area contributed by atoms with Gasteiger partial charge in [0, 0.05) is 18.5 Å². The molecule has 0 amide bonds. The van der Waals surface area contributed by atoms with Crippen LogP contribution >= 0.6 is 0 Å². The maximum absolute atomic E-state index is 10.3. The lowest BCUT2D eigenvalue weighted by Gasteiger charge is -2.03. The van der Waals surface area contributed by atoms with Crippen LogP contribution in [0.1, 0.15) is 12.5 Å². The first-order valence-corrected chi connectivity index (χ1v) is 4.55. The summed E-state index contributed by atoms with van der Waals surface area (Å²) in [6, 6.07) is 3.71. The minimum Gasteiger partial charge on any atom is -0.478 e. The molecule has 0 aliphatic carbocycles. The first-order valence-electron chi connectivity index (χ1n) is 4.55. The lowest BCUT2D eigenvalue weighted by molar-refractivity contribution is -0.131. The summed E-state index contributed by atoms with van der Waals surface area (Å²) >= 11 is 0. The third-order valence-electron chi connectivity index (χ3n) is 1.72. The van der Waals surface area contributed by atoms with Gasteiger partial charge in [-0.3, -0.25) is 4.98 Å². The van der Waals surface area contributed by atoms with Crippen molar-refractivity contribution in [2.24, 2.45) is 0 Å². The molecule has 0 aliphatic rings. The van der Waals surface area contributed by atoms with Crippen LogP contribution in [0.3, 0.4) is 0 Å². The molecule has 80 valence electrons.